The third-order valence-electron chi connectivity index (χ3n) is 4.54. The van der Waals surface area contributed by atoms with Crippen molar-refractivity contribution in [1.29, 1.82) is 0 Å². The SMILES string of the molecule is C/C=C/c1ccc(OCC(=O)N2CCCCC2CCC(=O)O)c(OC)c1. The lowest BCUT2D eigenvalue weighted by atomic mass is 9.98. The van der Waals surface area contributed by atoms with Gasteiger partial charge >= 0.3 is 5.97 Å². The number of nitrogens with zero attached hydrogens (tertiary/aromatic N) is 1. The van der Waals surface area contributed by atoms with Crippen LogP contribution in [-0.2, 0) is 9.59 Å². The van der Waals surface area contributed by atoms with Crippen molar-refractivity contribution in [3.63, 3.8) is 0 Å². The Bertz CT molecular complexity index is 656. The Morgan fingerprint density at radius 1 is 1.31 bits per heavy atom. The molecule has 1 saturated heterocycles. The van der Waals surface area contributed by atoms with E-state index in [1.165, 1.54) is 0 Å². The number of amides is 1. The van der Waals surface area contributed by atoms with Crippen molar-refractivity contribution in [2.45, 2.75) is 45.1 Å². The molecule has 1 amide bonds. The summed E-state index contributed by atoms with van der Waals surface area (Å²) in [5.74, 6) is 0.160. The van der Waals surface area contributed by atoms with Crippen molar-refractivity contribution in [2.75, 3.05) is 20.3 Å². The summed E-state index contributed by atoms with van der Waals surface area (Å²) in [5.41, 5.74) is 0.993. The van der Waals surface area contributed by atoms with Gasteiger partial charge in [-0.05, 0) is 50.3 Å². The van der Waals surface area contributed by atoms with E-state index in [0.29, 0.717) is 24.5 Å². The van der Waals surface area contributed by atoms with Gasteiger partial charge in [0.15, 0.2) is 18.1 Å². The first-order valence-electron chi connectivity index (χ1n) is 9.00. The Morgan fingerprint density at radius 2 is 2.12 bits per heavy atom. The second-order valence-corrected chi connectivity index (χ2v) is 6.37. The number of ether oxygens (including phenoxy) is 2. The zero-order chi connectivity index (χ0) is 18.9. The maximum Gasteiger partial charge on any atom is 0.303 e. The van der Waals surface area contributed by atoms with E-state index in [1.54, 1.807) is 18.1 Å². The highest BCUT2D eigenvalue weighted by Crippen LogP contribution is 2.29. The summed E-state index contributed by atoms with van der Waals surface area (Å²) >= 11 is 0. The number of methoxy groups -OCH3 is 1. The van der Waals surface area contributed by atoms with E-state index in [4.69, 9.17) is 14.6 Å². The van der Waals surface area contributed by atoms with E-state index < -0.39 is 5.97 Å². The van der Waals surface area contributed by atoms with Gasteiger partial charge in [-0.1, -0.05) is 18.2 Å². The zero-order valence-corrected chi connectivity index (χ0v) is 15.4. The highest BCUT2D eigenvalue weighted by atomic mass is 16.5. The Kier molecular flexibility index (Phi) is 7.51. The topological polar surface area (TPSA) is 76.1 Å². The average molecular weight is 361 g/mol. The van der Waals surface area contributed by atoms with E-state index in [1.807, 2.05) is 31.2 Å². The normalized spacial score (nSPS) is 17.3. The number of hydrogen-bond donors (Lipinski definition) is 1. The van der Waals surface area contributed by atoms with Crippen LogP contribution in [0.1, 0.15) is 44.6 Å². The van der Waals surface area contributed by atoms with Crippen molar-refractivity contribution in [3.8, 4) is 11.5 Å². The molecule has 142 valence electrons. The van der Waals surface area contributed by atoms with Crippen LogP contribution >= 0.6 is 0 Å². The number of benzene rings is 1. The summed E-state index contributed by atoms with van der Waals surface area (Å²) in [6, 6.07) is 5.53. The van der Waals surface area contributed by atoms with Crippen molar-refractivity contribution in [2.24, 2.45) is 0 Å². The average Bonchev–Trinajstić information content (AvgIpc) is 2.65. The molecule has 1 fully saturated rings. The number of aliphatic carboxylic acids is 1. The monoisotopic (exact) mass is 361 g/mol. The fraction of sp³-hybridized carbons (Fsp3) is 0.500. The van der Waals surface area contributed by atoms with Crippen molar-refractivity contribution in [3.05, 3.63) is 29.8 Å². The molecule has 1 aromatic rings. The first-order valence-corrected chi connectivity index (χ1v) is 9.00. The molecule has 1 atom stereocenters. The van der Waals surface area contributed by atoms with Crippen LogP contribution in [0.25, 0.3) is 6.08 Å². The van der Waals surface area contributed by atoms with Crippen LogP contribution in [-0.4, -0.2) is 48.2 Å². The first-order chi connectivity index (χ1) is 12.5. The van der Waals surface area contributed by atoms with Gasteiger partial charge in [0.2, 0.25) is 0 Å². The Hall–Kier alpha value is -2.50. The predicted octanol–water partition coefficient (Wildman–Crippen LogP) is 3.35. The fourth-order valence-electron chi connectivity index (χ4n) is 3.24. The Labute approximate surface area is 154 Å². The lowest BCUT2D eigenvalue weighted by Gasteiger charge is -2.35. The van der Waals surface area contributed by atoms with Gasteiger partial charge in [0, 0.05) is 19.0 Å². The minimum atomic E-state index is -0.829. The molecule has 1 unspecified atom stereocenters. The summed E-state index contributed by atoms with van der Waals surface area (Å²) < 4.78 is 11.0. The molecule has 26 heavy (non-hydrogen) atoms. The molecular formula is C20H27NO5. The van der Waals surface area contributed by atoms with Gasteiger partial charge in [-0.3, -0.25) is 9.59 Å². The molecule has 6 heteroatoms. The third kappa shape index (κ3) is 5.51. The molecule has 0 saturated carbocycles. The number of carbonyl (C=O) groups is 2. The largest absolute Gasteiger partial charge is 0.493 e. The molecule has 0 aromatic heterocycles. The fourth-order valence-corrected chi connectivity index (χ4v) is 3.24. The van der Waals surface area contributed by atoms with Gasteiger partial charge in [-0.25, -0.2) is 0 Å². The van der Waals surface area contributed by atoms with Gasteiger partial charge in [0.25, 0.3) is 5.91 Å². The number of carbonyl (C=O) groups excluding carboxylic acids is 1. The second-order valence-electron chi connectivity index (χ2n) is 6.37. The van der Waals surface area contributed by atoms with Gasteiger partial charge in [-0.2, -0.15) is 0 Å². The Balaban J connectivity index is 1.99. The zero-order valence-electron chi connectivity index (χ0n) is 15.4. The standard InChI is InChI=1S/C20H27NO5/c1-3-6-15-8-10-17(18(13-15)25-2)26-14-19(22)21-12-5-4-7-16(21)9-11-20(23)24/h3,6,8,10,13,16H,4-5,7,9,11-12,14H2,1-2H3,(H,23,24)/b6-3+. The van der Waals surface area contributed by atoms with Crippen LogP contribution in [0.2, 0.25) is 0 Å². The molecule has 0 bridgehead atoms. The molecule has 1 aromatic carbocycles. The highest BCUT2D eigenvalue weighted by molar-refractivity contribution is 5.78. The number of carboxylic acid groups (broad SMARTS) is 1. The summed E-state index contributed by atoms with van der Waals surface area (Å²) in [4.78, 5) is 25.2. The lowest BCUT2D eigenvalue weighted by molar-refractivity contribution is -0.141. The molecule has 0 spiro atoms. The maximum absolute atomic E-state index is 12.6. The van der Waals surface area contributed by atoms with E-state index in [9.17, 15) is 9.59 Å². The van der Waals surface area contributed by atoms with Gasteiger partial charge in [0.05, 0.1) is 7.11 Å². The lowest BCUT2D eigenvalue weighted by Crippen LogP contribution is -2.46. The summed E-state index contributed by atoms with van der Waals surface area (Å²) in [5, 5.41) is 8.89. The van der Waals surface area contributed by atoms with Crippen LogP contribution in [0.3, 0.4) is 0 Å². The van der Waals surface area contributed by atoms with Gasteiger partial charge in [-0.15, -0.1) is 0 Å². The molecule has 1 heterocycles. The number of likely N-dealkylation sites (tertiary alicyclic amines) is 1. The number of carboxylic acids is 1. The summed E-state index contributed by atoms with van der Waals surface area (Å²) in [7, 11) is 1.57. The van der Waals surface area contributed by atoms with Crippen LogP contribution in [0, 0.1) is 0 Å². The smallest absolute Gasteiger partial charge is 0.303 e. The molecule has 1 N–H and O–H groups in total. The maximum atomic E-state index is 12.6. The van der Waals surface area contributed by atoms with E-state index in [2.05, 4.69) is 0 Å². The van der Waals surface area contributed by atoms with Crippen LogP contribution < -0.4 is 9.47 Å². The number of hydrogen-bond acceptors (Lipinski definition) is 4. The number of piperidine rings is 1. The molecule has 0 radical (unpaired) electrons. The summed E-state index contributed by atoms with van der Waals surface area (Å²) in [6.45, 7) is 2.52. The quantitative estimate of drug-likeness (QED) is 0.768. The molecular weight excluding hydrogens is 334 g/mol. The molecule has 0 aliphatic carbocycles. The van der Waals surface area contributed by atoms with Crippen LogP contribution in [0.4, 0.5) is 0 Å². The molecule has 2 rings (SSSR count). The molecule has 1 aliphatic rings. The van der Waals surface area contributed by atoms with Crippen molar-refractivity contribution in [1.82, 2.24) is 4.90 Å². The second kappa shape index (κ2) is 9.85. The summed E-state index contributed by atoms with van der Waals surface area (Å²) in [6.07, 6.45) is 7.27. The van der Waals surface area contributed by atoms with Crippen molar-refractivity contribution < 1.29 is 24.2 Å². The minimum Gasteiger partial charge on any atom is -0.493 e. The van der Waals surface area contributed by atoms with Crippen LogP contribution in [0.5, 0.6) is 11.5 Å². The van der Waals surface area contributed by atoms with Crippen LogP contribution in [0.15, 0.2) is 24.3 Å². The van der Waals surface area contributed by atoms with E-state index in [0.717, 1.165) is 24.8 Å². The van der Waals surface area contributed by atoms with Gasteiger partial charge in [0.1, 0.15) is 0 Å². The predicted molar refractivity (Wildman–Crippen MR) is 99.4 cm³/mol. The van der Waals surface area contributed by atoms with E-state index >= 15 is 0 Å². The molecule has 1 aliphatic heterocycles. The number of allylic oxidation sites excluding steroid dienone is 1. The number of rotatable bonds is 8. The Morgan fingerprint density at radius 3 is 2.81 bits per heavy atom. The van der Waals surface area contributed by atoms with Gasteiger partial charge < -0.3 is 19.5 Å². The first kappa shape index (κ1) is 19.8. The minimum absolute atomic E-state index is 0.0186. The third-order valence-corrected chi connectivity index (χ3v) is 4.54. The molecule has 6 nitrogen and oxygen atoms in total. The highest BCUT2D eigenvalue weighted by Gasteiger charge is 2.27. The van der Waals surface area contributed by atoms with E-state index in [-0.39, 0.29) is 25.0 Å². The van der Waals surface area contributed by atoms with Crippen molar-refractivity contribution >= 4 is 18.0 Å².